The fourth-order valence-electron chi connectivity index (χ4n) is 1.42. The summed E-state index contributed by atoms with van der Waals surface area (Å²) in [4.78, 5) is 22.1. The van der Waals surface area contributed by atoms with Crippen molar-refractivity contribution >= 4 is 11.9 Å². The summed E-state index contributed by atoms with van der Waals surface area (Å²) in [5.41, 5.74) is 0. The van der Waals surface area contributed by atoms with E-state index in [1.165, 1.54) is 0 Å². The number of carboxylic acids is 1. The molecular weight excluding hydrogens is 206 g/mol. The molecule has 0 aromatic carbocycles. The lowest BCUT2D eigenvalue weighted by atomic mass is 9.93. The van der Waals surface area contributed by atoms with Crippen LogP contribution in [0.1, 0.15) is 40.5 Å². The summed E-state index contributed by atoms with van der Waals surface area (Å²) in [5, 5.41) is 11.4. The van der Waals surface area contributed by atoms with Gasteiger partial charge in [0.25, 0.3) is 0 Å². The molecule has 3 unspecified atom stereocenters. The van der Waals surface area contributed by atoms with Gasteiger partial charge in [-0.3, -0.25) is 9.59 Å². The normalized spacial score (nSPS) is 16.2. The molecule has 1 amide bonds. The molecule has 0 aromatic heterocycles. The van der Waals surface area contributed by atoms with Gasteiger partial charge in [-0.2, -0.15) is 0 Å². The molecule has 0 heterocycles. The summed E-state index contributed by atoms with van der Waals surface area (Å²) in [6, 6.07) is 0. The van der Waals surface area contributed by atoms with E-state index in [1.54, 1.807) is 0 Å². The Balaban J connectivity index is 3.92. The molecule has 0 spiro atoms. The van der Waals surface area contributed by atoms with Gasteiger partial charge in [-0.1, -0.05) is 34.1 Å². The van der Waals surface area contributed by atoms with E-state index < -0.39 is 5.97 Å². The van der Waals surface area contributed by atoms with E-state index >= 15 is 0 Å². The fraction of sp³-hybridized carbons (Fsp3) is 0.833. The zero-order chi connectivity index (χ0) is 12.7. The quantitative estimate of drug-likeness (QED) is 0.700. The highest BCUT2D eigenvalue weighted by atomic mass is 16.4. The molecule has 4 nitrogen and oxygen atoms in total. The van der Waals surface area contributed by atoms with E-state index in [4.69, 9.17) is 5.11 Å². The second-order valence-corrected chi connectivity index (χ2v) is 4.62. The summed E-state index contributed by atoms with van der Waals surface area (Å²) in [6.07, 6.45) is 1.07. The molecule has 2 N–H and O–H groups in total. The second-order valence-electron chi connectivity index (χ2n) is 4.62. The third kappa shape index (κ3) is 5.73. The number of hydrogen-bond acceptors (Lipinski definition) is 2. The van der Waals surface area contributed by atoms with Crippen LogP contribution in [0.15, 0.2) is 0 Å². The predicted octanol–water partition coefficient (Wildman–Crippen LogP) is 1.90. The molecule has 0 aliphatic heterocycles. The first-order valence-corrected chi connectivity index (χ1v) is 5.87. The number of rotatable bonds is 7. The minimum atomic E-state index is -0.822. The van der Waals surface area contributed by atoms with Crippen molar-refractivity contribution in [2.75, 3.05) is 6.54 Å². The Morgan fingerprint density at radius 1 is 1.25 bits per heavy atom. The largest absolute Gasteiger partial charge is 0.481 e. The van der Waals surface area contributed by atoms with Gasteiger partial charge >= 0.3 is 5.97 Å². The number of amides is 1. The lowest BCUT2D eigenvalue weighted by Crippen LogP contribution is -2.35. The molecule has 0 radical (unpaired) electrons. The predicted molar refractivity (Wildman–Crippen MR) is 63.0 cm³/mol. The molecule has 4 heteroatoms. The Hall–Kier alpha value is -1.06. The average molecular weight is 229 g/mol. The Labute approximate surface area is 97.4 Å². The van der Waals surface area contributed by atoms with E-state index in [1.807, 2.05) is 20.8 Å². The van der Waals surface area contributed by atoms with Gasteiger partial charge in [0.1, 0.15) is 0 Å². The summed E-state index contributed by atoms with van der Waals surface area (Å²) in [5.74, 6) is -0.481. The highest BCUT2D eigenvalue weighted by molar-refractivity contribution is 5.78. The highest BCUT2D eigenvalue weighted by Crippen LogP contribution is 2.14. The molecule has 3 atom stereocenters. The average Bonchev–Trinajstić information content (AvgIpc) is 2.22. The SMILES string of the molecule is CCC(C)C(C)C(=O)NCC(C)CC(=O)O. The summed E-state index contributed by atoms with van der Waals surface area (Å²) >= 11 is 0. The van der Waals surface area contributed by atoms with Crippen LogP contribution in [0, 0.1) is 17.8 Å². The molecule has 0 aromatic rings. The number of aliphatic carboxylic acids is 1. The van der Waals surface area contributed by atoms with Gasteiger partial charge in [-0.05, 0) is 11.8 Å². The van der Waals surface area contributed by atoms with Gasteiger partial charge in [-0.25, -0.2) is 0 Å². The topological polar surface area (TPSA) is 66.4 Å². The Kier molecular flexibility index (Phi) is 6.77. The van der Waals surface area contributed by atoms with E-state index in [0.717, 1.165) is 6.42 Å². The van der Waals surface area contributed by atoms with Crippen LogP contribution in [0.25, 0.3) is 0 Å². The van der Waals surface area contributed by atoms with Crippen LogP contribution in [0.4, 0.5) is 0 Å². The van der Waals surface area contributed by atoms with Gasteiger partial charge in [-0.15, -0.1) is 0 Å². The number of hydrogen-bond donors (Lipinski definition) is 2. The minimum Gasteiger partial charge on any atom is -0.481 e. The van der Waals surface area contributed by atoms with Crippen LogP contribution in [0.3, 0.4) is 0 Å². The highest BCUT2D eigenvalue weighted by Gasteiger charge is 2.19. The van der Waals surface area contributed by atoms with Crippen LogP contribution in [0.5, 0.6) is 0 Å². The monoisotopic (exact) mass is 229 g/mol. The summed E-state index contributed by atoms with van der Waals surface area (Å²) < 4.78 is 0. The lowest BCUT2D eigenvalue weighted by Gasteiger charge is -2.19. The van der Waals surface area contributed by atoms with Crippen LogP contribution >= 0.6 is 0 Å². The maximum Gasteiger partial charge on any atom is 0.303 e. The molecule has 94 valence electrons. The van der Waals surface area contributed by atoms with Gasteiger partial charge < -0.3 is 10.4 Å². The first kappa shape index (κ1) is 14.9. The molecule has 0 fully saturated rings. The smallest absolute Gasteiger partial charge is 0.303 e. The standard InChI is InChI=1S/C12H23NO3/c1-5-9(3)10(4)12(16)13-7-8(2)6-11(14)15/h8-10H,5-7H2,1-4H3,(H,13,16)(H,14,15). The van der Waals surface area contributed by atoms with E-state index in [9.17, 15) is 9.59 Å². The first-order chi connectivity index (χ1) is 7.38. The Morgan fingerprint density at radius 3 is 2.25 bits per heavy atom. The van der Waals surface area contributed by atoms with E-state index in [2.05, 4.69) is 12.2 Å². The van der Waals surface area contributed by atoms with Gasteiger partial charge in [0.05, 0.1) is 0 Å². The van der Waals surface area contributed by atoms with Crippen molar-refractivity contribution in [1.82, 2.24) is 5.32 Å². The first-order valence-electron chi connectivity index (χ1n) is 5.87. The molecule has 0 aliphatic rings. The van der Waals surface area contributed by atoms with Crippen LogP contribution in [0.2, 0.25) is 0 Å². The Morgan fingerprint density at radius 2 is 1.81 bits per heavy atom. The molecular formula is C12H23NO3. The molecule has 0 aliphatic carbocycles. The number of carboxylic acid groups (broad SMARTS) is 1. The van der Waals surface area contributed by atoms with Crippen molar-refractivity contribution in [1.29, 1.82) is 0 Å². The van der Waals surface area contributed by atoms with E-state index in [0.29, 0.717) is 12.5 Å². The van der Waals surface area contributed by atoms with Crippen molar-refractivity contribution < 1.29 is 14.7 Å². The second kappa shape index (κ2) is 7.25. The lowest BCUT2D eigenvalue weighted by molar-refractivity contribution is -0.138. The summed E-state index contributed by atoms with van der Waals surface area (Å²) in [7, 11) is 0. The zero-order valence-corrected chi connectivity index (χ0v) is 10.6. The zero-order valence-electron chi connectivity index (χ0n) is 10.6. The maximum atomic E-state index is 11.7. The Bertz CT molecular complexity index is 240. The van der Waals surface area contributed by atoms with Crippen molar-refractivity contribution in [2.24, 2.45) is 17.8 Å². The molecule has 0 saturated heterocycles. The molecule has 0 saturated carbocycles. The molecule has 0 bridgehead atoms. The van der Waals surface area contributed by atoms with Crippen molar-refractivity contribution in [3.05, 3.63) is 0 Å². The molecule has 16 heavy (non-hydrogen) atoms. The van der Waals surface area contributed by atoms with Crippen LogP contribution < -0.4 is 5.32 Å². The fourth-order valence-corrected chi connectivity index (χ4v) is 1.42. The van der Waals surface area contributed by atoms with Gasteiger partial charge in [0.2, 0.25) is 5.91 Å². The number of carbonyl (C=O) groups excluding carboxylic acids is 1. The third-order valence-electron chi connectivity index (χ3n) is 3.06. The minimum absolute atomic E-state index is 0.0120. The van der Waals surface area contributed by atoms with Gasteiger partial charge in [0.15, 0.2) is 0 Å². The van der Waals surface area contributed by atoms with Crippen LogP contribution in [-0.4, -0.2) is 23.5 Å². The summed E-state index contributed by atoms with van der Waals surface area (Å²) in [6.45, 7) is 8.27. The third-order valence-corrected chi connectivity index (χ3v) is 3.06. The number of nitrogens with one attached hydrogen (secondary N) is 1. The van der Waals surface area contributed by atoms with Crippen molar-refractivity contribution in [3.8, 4) is 0 Å². The molecule has 0 rings (SSSR count). The maximum absolute atomic E-state index is 11.7. The van der Waals surface area contributed by atoms with Gasteiger partial charge in [0, 0.05) is 18.9 Å². The van der Waals surface area contributed by atoms with Crippen LogP contribution in [-0.2, 0) is 9.59 Å². The van der Waals surface area contributed by atoms with Crippen molar-refractivity contribution in [3.63, 3.8) is 0 Å². The number of carbonyl (C=O) groups is 2. The van der Waals surface area contributed by atoms with Crippen molar-refractivity contribution in [2.45, 2.75) is 40.5 Å². The van der Waals surface area contributed by atoms with E-state index in [-0.39, 0.29) is 24.2 Å².